The van der Waals surface area contributed by atoms with Gasteiger partial charge in [-0.25, -0.2) is 4.98 Å². The van der Waals surface area contributed by atoms with Crippen LogP contribution in [0.3, 0.4) is 0 Å². The first kappa shape index (κ1) is 9.02. The Hall–Kier alpha value is -1.55. The van der Waals surface area contributed by atoms with Crippen molar-refractivity contribution in [2.45, 2.75) is 6.92 Å². The van der Waals surface area contributed by atoms with Crippen LogP contribution < -0.4 is 0 Å². The normalized spacial score (nSPS) is 10.1. The van der Waals surface area contributed by atoms with E-state index in [1.54, 1.807) is 18.7 Å². The maximum atomic E-state index is 5.09. The minimum Gasteiger partial charge on any atom is -0.346 e. The molecule has 0 bridgehead atoms. The molecule has 0 saturated heterocycles. The quantitative estimate of drug-likeness (QED) is 0.724. The number of H-pyrrole nitrogens is 1. The maximum absolute atomic E-state index is 5.09. The summed E-state index contributed by atoms with van der Waals surface area (Å²) in [6.07, 6.45) is 5.13. The number of rotatable bonds is 1. The highest BCUT2D eigenvalue weighted by atomic mass is 32.1. The van der Waals surface area contributed by atoms with Gasteiger partial charge in [-0.15, -0.1) is 0 Å². The van der Waals surface area contributed by atoms with Crippen molar-refractivity contribution in [3.8, 4) is 11.3 Å². The molecule has 0 aliphatic heterocycles. The molecule has 0 saturated carbocycles. The number of pyridine rings is 1. The Kier molecular flexibility index (Phi) is 2.37. The molecule has 14 heavy (non-hydrogen) atoms. The smallest absolute Gasteiger partial charge is 0.132 e. The number of nitrogens with zero attached hydrogens (tertiary/aromatic N) is 2. The Morgan fingerprint density at radius 1 is 1.29 bits per heavy atom. The van der Waals surface area contributed by atoms with Gasteiger partial charge in [0, 0.05) is 23.5 Å². The van der Waals surface area contributed by atoms with Crippen molar-refractivity contribution in [1.29, 1.82) is 0 Å². The van der Waals surface area contributed by atoms with E-state index >= 15 is 0 Å². The van der Waals surface area contributed by atoms with E-state index in [1.165, 1.54) is 0 Å². The van der Waals surface area contributed by atoms with E-state index in [1.807, 2.05) is 19.1 Å². The second-order valence-corrected chi connectivity index (χ2v) is 3.33. The lowest BCUT2D eigenvalue weighted by atomic mass is 10.1. The average Bonchev–Trinajstić information content (AvgIpc) is 2.23. The van der Waals surface area contributed by atoms with Crippen LogP contribution >= 0.6 is 12.2 Å². The van der Waals surface area contributed by atoms with Crippen LogP contribution in [-0.2, 0) is 0 Å². The predicted molar refractivity (Wildman–Crippen MR) is 57.4 cm³/mol. The van der Waals surface area contributed by atoms with Crippen molar-refractivity contribution in [2.75, 3.05) is 0 Å². The lowest BCUT2D eigenvalue weighted by Gasteiger charge is -2.04. The number of nitrogens with one attached hydrogen (secondary N) is 1. The van der Waals surface area contributed by atoms with Gasteiger partial charge in [-0.1, -0.05) is 12.2 Å². The summed E-state index contributed by atoms with van der Waals surface area (Å²) in [5.41, 5.74) is 3.08. The fourth-order valence-corrected chi connectivity index (χ4v) is 1.44. The molecule has 0 aliphatic carbocycles. The van der Waals surface area contributed by atoms with E-state index in [2.05, 4.69) is 15.0 Å². The van der Waals surface area contributed by atoms with Crippen molar-refractivity contribution in [3.05, 3.63) is 41.1 Å². The second-order valence-electron chi connectivity index (χ2n) is 2.94. The Balaban J connectivity index is 2.64. The first-order valence-corrected chi connectivity index (χ1v) is 4.64. The SMILES string of the molecule is Cc1c(-c2ccncc2)[nH]cnc1=S. The molecule has 2 aromatic rings. The minimum absolute atomic E-state index is 0.635. The van der Waals surface area contributed by atoms with E-state index in [0.717, 1.165) is 16.8 Å². The molecule has 2 heterocycles. The van der Waals surface area contributed by atoms with Gasteiger partial charge in [0.2, 0.25) is 0 Å². The van der Waals surface area contributed by atoms with Crippen molar-refractivity contribution in [2.24, 2.45) is 0 Å². The standard InChI is InChI=1S/C10H9N3S/c1-7-9(12-6-13-10(7)14)8-2-4-11-5-3-8/h2-6H,1H3,(H,12,13,14). The third kappa shape index (κ3) is 1.56. The number of hydrogen-bond donors (Lipinski definition) is 1. The highest BCUT2D eigenvalue weighted by Crippen LogP contribution is 2.18. The Bertz CT molecular complexity index is 490. The summed E-state index contributed by atoms with van der Waals surface area (Å²) in [5, 5.41) is 0. The third-order valence-corrected chi connectivity index (χ3v) is 2.47. The summed E-state index contributed by atoms with van der Waals surface area (Å²) < 4.78 is 0.635. The molecule has 70 valence electrons. The molecule has 2 aromatic heterocycles. The van der Waals surface area contributed by atoms with Gasteiger partial charge in [0.05, 0.1) is 12.0 Å². The molecular formula is C10H9N3S. The summed E-state index contributed by atoms with van der Waals surface area (Å²) in [6, 6.07) is 3.88. The highest BCUT2D eigenvalue weighted by molar-refractivity contribution is 7.71. The lowest BCUT2D eigenvalue weighted by Crippen LogP contribution is -1.91. The topological polar surface area (TPSA) is 41.6 Å². The molecule has 0 amide bonds. The van der Waals surface area contributed by atoms with Crippen molar-refractivity contribution < 1.29 is 0 Å². The molecular weight excluding hydrogens is 194 g/mol. The van der Waals surface area contributed by atoms with Crippen LogP contribution in [0.2, 0.25) is 0 Å². The van der Waals surface area contributed by atoms with Gasteiger partial charge in [-0.3, -0.25) is 4.98 Å². The number of aromatic amines is 1. The molecule has 4 heteroatoms. The molecule has 2 rings (SSSR count). The zero-order valence-electron chi connectivity index (χ0n) is 7.69. The molecule has 0 atom stereocenters. The summed E-state index contributed by atoms with van der Waals surface area (Å²) in [5.74, 6) is 0. The van der Waals surface area contributed by atoms with Gasteiger partial charge in [0.15, 0.2) is 0 Å². The third-order valence-electron chi connectivity index (χ3n) is 2.06. The van der Waals surface area contributed by atoms with Crippen LogP contribution in [0.4, 0.5) is 0 Å². The summed E-state index contributed by atoms with van der Waals surface area (Å²) in [4.78, 5) is 11.1. The van der Waals surface area contributed by atoms with Crippen molar-refractivity contribution >= 4 is 12.2 Å². The van der Waals surface area contributed by atoms with E-state index in [-0.39, 0.29) is 0 Å². The van der Waals surface area contributed by atoms with Gasteiger partial charge in [-0.05, 0) is 19.1 Å². The van der Waals surface area contributed by atoms with Gasteiger partial charge in [-0.2, -0.15) is 0 Å². The fourth-order valence-electron chi connectivity index (χ4n) is 1.29. The summed E-state index contributed by atoms with van der Waals surface area (Å²) in [7, 11) is 0. The second kappa shape index (κ2) is 3.67. The fraction of sp³-hybridized carbons (Fsp3) is 0.100. The molecule has 0 aromatic carbocycles. The van der Waals surface area contributed by atoms with Crippen molar-refractivity contribution in [1.82, 2.24) is 15.0 Å². The number of aromatic nitrogens is 3. The Morgan fingerprint density at radius 3 is 2.71 bits per heavy atom. The van der Waals surface area contributed by atoms with Crippen LogP contribution in [0.1, 0.15) is 5.56 Å². The number of hydrogen-bond acceptors (Lipinski definition) is 3. The molecule has 0 radical (unpaired) electrons. The van der Waals surface area contributed by atoms with Crippen LogP contribution in [0.5, 0.6) is 0 Å². The van der Waals surface area contributed by atoms with Gasteiger partial charge < -0.3 is 4.98 Å². The predicted octanol–water partition coefficient (Wildman–Crippen LogP) is 2.51. The van der Waals surface area contributed by atoms with Crippen molar-refractivity contribution in [3.63, 3.8) is 0 Å². The highest BCUT2D eigenvalue weighted by Gasteiger charge is 2.02. The van der Waals surface area contributed by atoms with E-state index < -0.39 is 0 Å². The lowest BCUT2D eigenvalue weighted by molar-refractivity contribution is 1.11. The van der Waals surface area contributed by atoms with Gasteiger partial charge in [0.1, 0.15) is 4.64 Å². The summed E-state index contributed by atoms with van der Waals surface area (Å²) in [6.45, 7) is 1.96. The Morgan fingerprint density at radius 2 is 2.00 bits per heavy atom. The molecule has 0 unspecified atom stereocenters. The monoisotopic (exact) mass is 203 g/mol. The first-order valence-electron chi connectivity index (χ1n) is 4.24. The van der Waals surface area contributed by atoms with E-state index in [4.69, 9.17) is 12.2 Å². The Labute approximate surface area is 86.9 Å². The van der Waals surface area contributed by atoms with Crippen LogP contribution in [-0.4, -0.2) is 15.0 Å². The maximum Gasteiger partial charge on any atom is 0.132 e. The van der Waals surface area contributed by atoms with Crippen LogP contribution in [0.25, 0.3) is 11.3 Å². The molecule has 3 nitrogen and oxygen atoms in total. The average molecular weight is 203 g/mol. The van der Waals surface area contributed by atoms with E-state index in [0.29, 0.717) is 4.64 Å². The minimum atomic E-state index is 0.635. The zero-order valence-corrected chi connectivity index (χ0v) is 8.51. The van der Waals surface area contributed by atoms with Crippen LogP contribution in [0.15, 0.2) is 30.9 Å². The summed E-state index contributed by atoms with van der Waals surface area (Å²) >= 11 is 5.09. The molecule has 0 spiro atoms. The zero-order chi connectivity index (χ0) is 9.97. The van der Waals surface area contributed by atoms with Gasteiger partial charge in [0.25, 0.3) is 0 Å². The molecule has 1 N–H and O–H groups in total. The van der Waals surface area contributed by atoms with Gasteiger partial charge >= 0.3 is 0 Å². The molecule has 0 fully saturated rings. The molecule has 0 aliphatic rings. The van der Waals surface area contributed by atoms with E-state index in [9.17, 15) is 0 Å². The van der Waals surface area contributed by atoms with Crippen LogP contribution in [0, 0.1) is 11.6 Å². The largest absolute Gasteiger partial charge is 0.346 e. The first-order chi connectivity index (χ1) is 6.79.